The molecule has 0 atom stereocenters. The first-order chi connectivity index (χ1) is 11.1. The molecule has 0 spiro atoms. The van der Waals surface area contributed by atoms with Crippen LogP contribution in [-0.4, -0.2) is 89.7 Å². The maximum atomic E-state index is 9.56. The molecule has 28 heavy (non-hydrogen) atoms. The molecule has 21 nitrogen and oxygen atoms in total. The van der Waals surface area contributed by atoms with Gasteiger partial charge < -0.3 is 6.15 Å². The molecule has 0 amide bonds. The van der Waals surface area contributed by atoms with E-state index in [2.05, 4.69) is 4.18 Å². The number of hydrogen-bond donors (Lipinski definition) is 10. The van der Waals surface area contributed by atoms with Crippen LogP contribution in [0.2, 0.25) is 0 Å². The predicted molar refractivity (Wildman–Crippen MR) is 84.9 cm³/mol. The fourth-order valence-electron chi connectivity index (χ4n) is 0.149. The second-order valence-electron chi connectivity index (χ2n) is 2.63. The van der Waals surface area contributed by atoms with Crippen LogP contribution in [0.4, 0.5) is 0 Å². The molecule has 0 bridgehead atoms. The van der Waals surface area contributed by atoms with Crippen molar-refractivity contribution in [1.82, 2.24) is 6.15 Å². The average Bonchev–Trinajstić information content (AvgIpc) is 2.01. The standard InChI is InChI=1S/C2H6O4S.H3N.4H2O4S/c1-2-6-7(3,4)5;;4*1-5(2,3)4/h2H2,1H3,(H,3,4,5);1H3;4*(H2,1,2,3,4). The quantitative estimate of drug-likeness (QED) is 0.161. The summed E-state index contributed by atoms with van der Waals surface area (Å²) in [5.41, 5.74) is 0. The van der Waals surface area contributed by atoms with Crippen LogP contribution in [0.1, 0.15) is 6.92 Å². The Labute approximate surface area is 159 Å². The first-order valence-corrected chi connectivity index (χ1v) is 11.4. The molecule has 180 valence electrons. The van der Waals surface area contributed by atoms with Gasteiger partial charge in [0.25, 0.3) is 0 Å². The van der Waals surface area contributed by atoms with Gasteiger partial charge in [-0.3, -0.25) is 41.0 Å². The SMILES string of the molecule is CCOS(=O)(=O)O.N.O=S(=O)(O)O.O=S(=O)(O)O.O=S(=O)(O)O.O=S(=O)(O)O. The molecule has 0 saturated heterocycles. The summed E-state index contributed by atoms with van der Waals surface area (Å²) in [4.78, 5) is 0. The van der Waals surface area contributed by atoms with E-state index in [0.29, 0.717) is 0 Å². The minimum atomic E-state index is -4.67. The minimum absolute atomic E-state index is 0. The lowest BCUT2D eigenvalue weighted by atomic mass is 10.9. The smallest absolute Gasteiger partial charge is 0.344 e. The third-order valence-electron chi connectivity index (χ3n) is 0.267. The van der Waals surface area contributed by atoms with E-state index in [4.69, 9.17) is 74.6 Å². The molecule has 0 aliphatic heterocycles. The van der Waals surface area contributed by atoms with Gasteiger partial charge in [-0.25, -0.2) is 4.18 Å². The Hall–Kier alpha value is -0.690. The zero-order valence-electron chi connectivity index (χ0n) is 13.0. The third-order valence-corrected chi connectivity index (χ3v) is 0.800. The van der Waals surface area contributed by atoms with Gasteiger partial charge in [-0.05, 0) is 6.92 Å². The third kappa shape index (κ3) is 1370. The van der Waals surface area contributed by atoms with Crippen molar-refractivity contribution < 1.29 is 87.2 Å². The Kier molecular flexibility index (Phi) is 25.6. The summed E-state index contributed by atoms with van der Waals surface area (Å²) in [6.45, 7) is 1.44. The number of rotatable bonds is 2. The van der Waals surface area contributed by atoms with Gasteiger partial charge in [-0.1, -0.05) is 0 Å². The van der Waals surface area contributed by atoms with Crippen molar-refractivity contribution in [2.24, 2.45) is 0 Å². The highest BCUT2D eigenvalue weighted by Crippen LogP contribution is 1.81. The highest BCUT2D eigenvalue weighted by molar-refractivity contribution is 7.81. The van der Waals surface area contributed by atoms with E-state index < -0.39 is 52.0 Å². The van der Waals surface area contributed by atoms with Gasteiger partial charge in [0.2, 0.25) is 0 Å². The highest BCUT2D eigenvalue weighted by Gasteiger charge is 1.98. The van der Waals surface area contributed by atoms with Crippen molar-refractivity contribution in [2.45, 2.75) is 6.92 Å². The van der Waals surface area contributed by atoms with Crippen molar-refractivity contribution in [3.8, 4) is 0 Å². The largest absolute Gasteiger partial charge is 0.397 e. The van der Waals surface area contributed by atoms with Gasteiger partial charge in [-0.2, -0.15) is 42.1 Å². The Morgan fingerprint density at radius 1 is 0.500 bits per heavy atom. The van der Waals surface area contributed by atoms with Crippen LogP contribution >= 0.6 is 0 Å². The average molecular weight is 535 g/mol. The molecule has 0 aromatic carbocycles. The van der Waals surface area contributed by atoms with Crippen molar-refractivity contribution in [2.75, 3.05) is 6.61 Å². The maximum Gasteiger partial charge on any atom is 0.397 e. The molecule has 0 fully saturated rings. The zero-order valence-corrected chi connectivity index (χ0v) is 17.1. The fourth-order valence-corrected chi connectivity index (χ4v) is 0.447. The van der Waals surface area contributed by atoms with Gasteiger partial charge in [0.1, 0.15) is 0 Å². The number of hydrogen-bond acceptors (Lipinski definition) is 12. The van der Waals surface area contributed by atoms with E-state index in [1.807, 2.05) is 0 Å². The van der Waals surface area contributed by atoms with E-state index in [1.165, 1.54) is 6.92 Å². The summed E-state index contributed by atoms with van der Waals surface area (Å²) in [5.74, 6) is 0. The molecule has 0 aliphatic carbocycles. The van der Waals surface area contributed by atoms with Crippen LogP contribution in [0.25, 0.3) is 0 Å². The second-order valence-corrected chi connectivity index (χ2v) is 7.30. The fraction of sp³-hybridized carbons (Fsp3) is 1.00. The van der Waals surface area contributed by atoms with E-state index in [0.717, 1.165) is 0 Å². The molecular formula is C2H17NO20S5. The summed E-state index contributed by atoms with van der Waals surface area (Å²) in [6, 6.07) is 0. The Morgan fingerprint density at radius 3 is 0.607 bits per heavy atom. The van der Waals surface area contributed by atoms with Gasteiger partial charge in [0, 0.05) is 0 Å². The molecule has 0 unspecified atom stereocenters. The van der Waals surface area contributed by atoms with Crippen molar-refractivity contribution in [1.29, 1.82) is 0 Å². The van der Waals surface area contributed by atoms with Gasteiger partial charge in [0.15, 0.2) is 0 Å². The minimum Gasteiger partial charge on any atom is -0.344 e. The van der Waals surface area contributed by atoms with Crippen molar-refractivity contribution >= 4 is 52.0 Å². The lowest BCUT2D eigenvalue weighted by Gasteiger charge is -1.88. The molecule has 12 N–H and O–H groups in total. The van der Waals surface area contributed by atoms with Crippen LogP contribution in [0.5, 0.6) is 0 Å². The van der Waals surface area contributed by atoms with Crippen molar-refractivity contribution in [3.63, 3.8) is 0 Å². The molecule has 0 rings (SSSR count). The molecule has 0 aliphatic rings. The molecular weight excluding hydrogens is 518 g/mol. The normalized spacial score (nSPS) is 11.2. The second kappa shape index (κ2) is 17.2. The first-order valence-electron chi connectivity index (χ1n) is 4.47. The van der Waals surface area contributed by atoms with Crippen LogP contribution in [0.3, 0.4) is 0 Å². The topological polar surface area (TPSA) is 397 Å². The lowest BCUT2D eigenvalue weighted by Crippen LogP contribution is -2.01. The zero-order chi connectivity index (χ0) is 23.9. The molecule has 0 saturated carbocycles. The molecule has 0 heterocycles. The Bertz CT molecular complexity index is 718. The molecule has 26 heteroatoms. The first kappa shape index (κ1) is 41.6. The van der Waals surface area contributed by atoms with Gasteiger partial charge in [-0.15, -0.1) is 0 Å². The van der Waals surface area contributed by atoms with Crippen LogP contribution in [-0.2, 0) is 56.2 Å². The molecule has 0 aromatic rings. The summed E-state index contributed by atoms with van der Waals surface area (Å²) >= 11 is 0. The summed E-state index contributed by atoms with van der Waals surface area (Å²) in [5, 5.41) is 0. The van der Waals surface area contributed by atoms with E-state index in [1.54, 1.807) is 0 Å². The van der Waals surface area contributed by atoms with Crippen LogP contribution < -0.4 is 6.15 Å². The predicted octanol–water partition coefficient (Wildman–Crippen LogP) is -2.62. The summed E-state index contributed by atoms with van der Waals surface area (Å²) < 4.78 is 157. The summed E-state index contributed by atoms with van der Waals surface area (Å²) in [6.07, 6.45) is 0. The summed E-state index contributed by atoms with van der Waals surface area (Å²) in [7, 11) is -22.8. The Morgan fingerprint density at radius 2 is 0.607 bits per heavy atom. The lowest BCUT2D eigenvalue weighted by molar-refractivity contribution is 0.283. The molecule has 0 radical (unpaired) electrons. The maximum absolute atomic E-state index is 9.56. The van der Waals surface area contributed by atoms with Gasteiger partial charge in [0.05, 0.1) is 6.61 Å². The van der Waals surface area contributed by atoms with Gasteiger partial charge >= 0.3 is 52.0 Å². The van der Waals surface area contributed by atoms with Crippen LogP contribution in [0.15, 0.2) is 0 Å². The van der Waals surface area contributed by atoms with E-state index in [-0.39, 0.29) is 12.8 Å². The van der Waals surface area contributed by atoms with E-state index >= 15 is 0 Å². The van der Waals surface area contributed by atoms with Crippen LogP contribution in [0, 0.1) is 0 Å². The van der Waals surface area contributed by atoms with E-state index in [9.17, 15) is 8.42 Å². The van der Waals surface area contributed by atoms with Crippen molar-refractivity contribution in [3.05, 3.63) is 0 Å². The monoisotopic (exact) mass is 535 g/mol. The molecule has 0 aromatic heterocycles. The highest BCUT2D eigenvalue weighted by atomic mass is 32.3. The Balaban J connectivity index is -0.0000000540.